The Morgan fingerprint density at radius 2 is 1.92 bits per heavy atom. The molecule has 4 nitrogen and oxygen atoms in total. The van der Waals surface area contributed by atoms with E-state index in [4.69, 9.17) is 15.9 Å². The third-order valence-corrected chi connectivity index (χ3v) is 6.20. The van der Waals surface area contributed by atoms with Gasteiger partial charge in [0.25, 0.3) is 0 Å². The molecule has 0 amide bonds. The van der Waals surface area contributed by atoms with Gasteiger partial charge in [-0.25, -0.2) is 0 Å². The Morgan fingerprint density at radius 3 is 2.65 bits per heavy atom. The molecule has 2 bridgehead atoms. The van der Waals surface area contributed by atoms with E-state index in [2.05, 4.69) is 33.9 Å². The van der Waals surface area contributed by atoms with Crippen molar-refractivity contribution in [1.82, 2.24) is 9.80 Å². The summed E-state index contributed by atoms with van der Waals surface area (Å²) >= 11 is 0. The molecule has 2 atom stereocenters. The molecule has 1 aliphatic carbocycles. The molecule has 2 aliphatic heterocycles. The standard InChI is InChI=1S/C22H30N2O2/c1-2-11-26-21-8-3-5-18(14-21)15-23-16-19-6-4-7-20(17-23)22(19)24-9-12-25-13-10-24/h1,3,5,8,14,19-20,22H,4,6-7,9-13,15-17H2/t19-,20-/m1/s1. The van der Waals surface area contributed by atoms with Crippen molar-refractivity contribution in [2.24, 2.45) is 11.8 Å². The van der Waals surface area contributed by atoms with Crippen LogP contribution in [0.4, 0.5) is 0 Å². The molecule has 0 radical (unpaired) electrons. The van der Waals surface area contributed by atoms with Crippen molar-refractivity contribution < 1.29 is 9.47 Å². The minimum atomic E-state index is 0.332. The smallest absolute Gasteiger partial charge is 0.148 e. The molecule has 0 unspecified atom stereocenters. The van der Waals surface area contributed by atoms with Crippen LogP contribution in [0.15, 0.2) is 24.3 Å². The average molecular weight is 354 g/mol. The van der Waals surface area contributed by atoms with Gasteiger partial charge in [0.15, 0.2) is 0 Å². The van der Waals surface area contributed by atoms with Gasteiger partial charge in [-0.3, -0.25) is 9.80 Å². The van der Waals surface area contributed by atoms with Gasteiger partial charge in [-0.2, -0.15) is 0 Å². The number of ether oxygens (including phenoxy) is 2. The first kappa shape index (κ1) is 17.9. The van der Waals surface area contributed by atoms with Crippen LogP contribution in [0.3, 0.4) is 0 Å². The zero-order valence-electron chi connectivity index (χ0n) is 15.6. The van der Waals surface area contributed by atoms with E-state index in [0.717, 1.165) is 56.5 Å². The zero-order chi connectivity index (χ0) is 17.8. The van der Waals surface area contributed by atoms with Crippen LogP contribution < -0.4 is 4.74 Å². The molecule has 3 aliphatic rings. The zero-order valence-corrected chi connectivity index (χ0v) is 15.6. The molecule has 0 N–H and O–H groups in total. The highest BCUT2D eigenvalue weighted by molar-refractivity contribution is 5.29. The summed E-state index contributed by atoms with van der Waals surface area (Å²) in [4.78, 5) is 5.38. The maximum atomic E-state index is 5.58. The highest BCUT2D eigenvalue weighted by Gasteiger charge is 2.42. The topological polar surface area (TPSA) is 24.9 Å². The minimum Gasteiger partial charge on any atom is -0.481 e. The lowest BCUT2D eigenvalue weighted by molar-refractivity contribution is -0.0623. The van der Waals surface area contributed by atoms with Gasteiger partial charge in [-0.1, -0.05) is 24.5 Å². The highest BCUT2D eigenvalue weighted by Crippen LogP contribution is 2.38. The predicted octanol–water partition coefficient (Wildman–Crippen LogP) is 2.63. The Labute approximate surface area is 157 Å². The van der Waals surface area contributed by atoms with E-state index in [1.165, 1.54) is 37.9 Å². The van der Waals surface area contributed by atoms with Crippen LogP contribution in [0.1, 0.15) is 24.8 Å². The molecule has 3 fully saturated rings. The second-order valence-electron chi connectivity index (χ2n) is 7.92. The summed E-state index contributed by atoms with van der Waals surface area (Å²) in [6, 6.07) is 9.17. The average Bonchev–Trinajstić information content (AvgIpc) is 2.67. The molecule has 2 saturated heterocycles. The van der Waals surface area contributed by atoms with Crippen LogP contribution in [0.25, 0.3) is 0 Å². The Balaban J connectivity index is 1.40. The van der Waals surface area contributed by atoms with E-state index >= 15 is 0 Å². The number of morpholine rings is 1. The summed E-state index contributed by atoms with van der Waals surface area (Å²) in [7, 11) is 0. The van der Waals surface area contributed by atoms with Gasteiger partial charge in [-0.15, -0.1) is 6.42 Å². The molecule has 140 valence electrons. The normalized spacial score (nSPS) is 29.9. The molecule has 1 saturated carbocycles. The van der Waals surface area contributed by atoms with Crippen molar-refractivity contribution in [1.29, 1.82) is 0 Å². The van der Waals surface area contributed by atoms with Crippen molar-refractivity contribution >= 4 is 0 Å². The fraction of sp³-hybridized carbons (Fsp3) is 0.636. The number of likely N-dealkylation sites (tertiary alicyclic amines) is 1. The largest absolute Gasteiger partial charge is 0.481 e. The van der Waals surface area contributed by atoms with Crippen LogP contribution in [0.5, 0.6) is 5.75 Å². The molecule has 4 rings (SSSR count). The molecule has 26 heavy (non-hydrogen) atoms. The third kappa shape index (κ3) is 4.06. The lowest BCUT2D eigenvalue weighted by atomic mass is 9.72. The number of benzene rings is 1. The molecule has 1 aromatic carbocycles. The van der Waals surface area contributed by atoms with E-state index in [9.17, 15) is 0 Å². The first-order chi connectivity index (χ1) is 12.8. The van der Waals surface area contributed by atoms with E-state index < -0.39 is 0 Å². The second kappa shape index (κ2) is 8.43. The van der Waals surface area contributed by atoms with Gasteiger partial charge in [0.05, 0.1) is 13.2 Å². The van der Waals surface area contributed by atoms with Gasteiger partial charge >= 0.3 is 0 Å². The molecular weight excluding hydrogens is 324 g/mol. The van der Waals surface area contributed by atoms with Crippen LogP contribution in [-0.4, -0.2) is 61.8 Å². The summed E-state index contributed by atoms with van der Waals surface area (Å²) in [6.07, 6.45) is 9.45. The quantitative estimate of drug-likeness (QED) is 0.759. The lowest BCUT2D eigenvalue weighted by Gasteiger charge is -2.52. The Bertz CT molecular complexity index is 621. The SMILES string of the molecule is C#CCOc1cccc(CN2C[C@H]3CCC[C@H](C2)C3N2CCOCC2)c1. The number of fused-ring (bicyclic) bond motifs is 2. The highest BCUT2D eigenvalue weighted by atomic mass is 16.5. The van der Waals surface area contributed by atoms with E-state index in [-0.39, 0.29) is 0 Å². The monoisotopic (exact) mass is 354 g/mol. The van der Waals surface area contributed by atoms with Gasteiger partial charge in [-0.05, 0) is 42.4 Å². The van der Waals surface area contributed by atoms with Gasteiger partial charge < -0.3 is 9.47 Å². The number of hydrogen-bond acceptors (Lipinski definition) is 4. The molecule has 2 heterocycles. The number of rotatable bonds is 5. The molecule has 0 aromatic heterocycles. The van der Waals surface area contributed by atoms with Gasteiger partial charge in [0.1, 0.15) is 12.4 Å². The molecular formula is C22H30N2O2. The summed E-state index contributed by atoms with van der Waals surface area (Å²) in [5.41, 5.74) is 1.32. The van der Waals surface area contributed by atoms with Gasteiger partial charge in [0, 0.05) is 38.8 Å². The van der Waals surface area contributed by atoms with Crippen LogP contribution in [-0.2, 0) is 11.3 Å². The van der Waals surface area contributed by atoms with Crippen LogP contribution >= 0.6 is 0 Å². The van der Waals surface area contributed by atoms with Crippen molar-refractivity contribution in [2.75, 3.05) is 46.0 Å². The van der Waals surface area contributed by atoms with E-state index in [1.807, 2.05) is 6.07 Å². The van der Waals surface area contributed by atoms with Crippen molar-refractivity contribution in [2.45, 2.75) is 31.8 Å². The number of hydrogen-bond donors (Lipinski definition) is 0. The minimum absolute atomic E-state index is 0.332. The number of piperidine rings is 1. The number of nitrogens with zero attached hydrogens (tertiary/aromatic N) is 2. The Kier molecular flexibility index (Phi) is 5.79. The number of terminal acetylenes is 1. The Morgan fingerprint density at radius 1 is 1.15 bits per heavy atom. The Hall–Kier alpha value is -1.54. The van der Waals surface area contributed by atoms with Crippen LogP contribution in [0, 0.1) is 24.2 Å². The van der Waals surface area contributed by atoms with E-state index in [1.54, 1.807) is 0 Å². The third-order valence-electron chi connectivity index (χ3n) is 6.20. The summed E-state index contributed by atoms with van der Waals surface area (Å²) in [6.45, 7) is 7.82. The van der Waals surface area contributed by atoms with Gasteiger partial charge in [0.2, 0.25) is 0 Å². The summed E-state index contributed by atoms with van der Waals surface area (Å²) in [5, 5.41) is 0. The molecule has 0 spiro atoms. The van der Waals surface area contributed by atoms with Crippen LogP contribution in [0.2, 0.25) is 0 Å². The van der Waals surface area contributed by atoms with Crippen molar-refractivity contribution in [3.05, 3.63) is 29.8 Å². The lowest BCUT2D eigenvalue weighted by Crippen LogP contribution is -2.59. The maximum Gasteiger partial charge on any atom is 0.148 e. The fourth-order valence-electron chi connectivity index (χ4n) is 5.22. The fourth-order valence-corrected chi connectivity index (χ4v) is 5.22. The predicted molar refractivity (Wildman–Crippen MR) is 103 cm³/mol. The first-order valence-corrected chi connectivity index (χ1v) is 10.0. The van der Waals surface area contributed by atoms with Crippen molar-refractivity contribution in [3.8, 4) is 18.1 Å². The maximum absolute atomic E-state index is 5.58. The molecule has 1 aromatic rings. The van der Waals surface area contributed by atoms with Crippen molar-refractivity contribution in [3.63, 3.8) is 0 Å². The molecule has 4 heteroatoms. The van der Waals surface area contributed by atoms with E-state index in [0.29, 0.717) is 6.61 Å². The first-order valence-electron chi connectivity index (χ1n) is 10.0. The summed E-state index contributed by atoms with van der Waals surface area (Å²) < 4.78 is 11.2. The summed E-state index contributed by atoms with van der Waals surface area (Å²) in [5.74, 6) is 5.03. The second-order valence-corrected chi connectivity index (χ2v) is 7.92.